The van der Waals surface area contributed by atoms with Crippen LogP contribution < -0.4 is 4.72 Å². The standard InChI is InChI=1S/C10H15NO3S2/c12-6-9-5-10(7-15-9)16(13,14)11-4-3-8-1-2-8/h5,7-8,11-12H,1-4,6H2. The third-order valence-corrected chi connectivity index (χ3v) is 5.15. The first-order chi connectivity index (χ1) is 7.62. The lowest BCUT2D eigenvalue weighted by atomic mass is 10.3. The molecule has 90 valence electrons. The zero-order chi connectivity index (χ0) is 11.6. The van der Waals surface area contributed by atoms with Crippen molar-refractivity contribution in [1.82, 2.24) is 4.72 Å². The Morgan fingerprint density at radius 3 is 2.81 bits per heavy atom. The normalized spacial score (nSPS) is 16.6. The molecule has 0 saturated heterocycles. The minimum atomic E-state index is -3.37. The van der Waals surface area contributed by atoms with Crippen LogP contribution in [0.1, 0.15) is 24.1 Å². The van der Waals surface area contributed by atoms with Crippen molar-refractivity contribution in [3.05, 3.63) is 16.3 Å². The number of hydrogen-bond donors (Lipinski definition) is 2. The van der Waals surface area contributed by atoms with Gasteiger partial charge in [-0.2, -0.15) is 0 Å². The summed E-state index contributed by atoms with van der Waals surface area (Å²) in [7, 11) is -3.37. The quantitative estimate of drug-likeness (QED) is 0.811. The summed E-state index contributed by atoms with van der Waals surface area (Å²) in [6.45, 7) is 0.402. The molecule has 6 heteroatoms. The summed E-state index contributed by atoms with van der Waals surface area (Å²) in [5.41, 5.74) is 0. The molecule has 0 aromatic carbocycles. The lowest BCUT2D eigenvalue weighted by Crippen LogP contribution is -2.24. The molecule has 0 unspecified atom stereocenters. The number of sulfonamides is 1. The van der Waals surface area contributed by atoms with Gasteiger partial charge in [0.2, 0.25) is 10.0 Å². The van der Waals surface area contributed by atoms with Gasteiger partial charge in [0.15, 0.2) is 0 Å². The van der Waals surface area contributed by atoms with E-state index in [0.717, 1.165) is 12.3 Å². The molecule has 4 nitrogen and oxygen atoms in total. The van der Waals surface area contributed by atoms with Gasteiger partial charge in [-0.3, -0.25) is 0 Å². The molecule has 16 heavy (non-hydrogen) atoms. The number of aliphatic hydroxyl groups excluding tert-OH is 1. The predicted molar refractivity (Wildman–Crippen MR) is 62.8 cm³/mol. The van der Waals surface area contributed by atoms with Crippen molar-refractivity contribution >= 4 is 21.4 Å². The fourth-order valence-corrected chi connectivity index (χ4v) is 3.65. The van der Waals surface area contributed by atoms with Crippen molar-refractivity contribution in [2.45, 2.75) is 30.8 Å². The number of aliphatic hydroxyl groups is 1. The monoisotopic (exact) mass is 261 g/mol. The van der Waals surface area contributed by atoms with Crippen LogP contribution in [0.15, 0.2) is 16.3 Å². The molecule has 1 heterocycles. The van der Waals surface area contributed by atoms with Crippen molar-refractivity contribution in [1.29, 1.82) is 0 Å². The summed E-state index contributed by atoms with van der Waals surface area (Å²) in [4.78, 5) is 0.930. The summed E-state index contributed by atoms with van der Waals surface area (Å²) in [6, 6.07) is 1.52. The van der Waals surface area contributed by atoms with Gasteiger partial charge in [0, 0.05) is 16.8 Å². The molecule has 1 saturated carbocycles. The smallest absolute Gasteiger partial charge is 0.241 e. The number of hydrogen-bond acceptors (Lipinski definition) is 4. The maximum atomic E-state index is 11.8. The first-order valence-electron chi connectivity index (χ1n) is 5.30. The third-order valence-electron chi connectivity index (χ3n) is 2.64. The van der Waals surface area contributed by atoms with Gasteiger partial charge in [0.1, 0.15) is 0 Å². The lowest BCUT2D eigenvalue weighted by Gasteiger charge is -2.03. The third kappa shape index (κ3) is 3.04. The van der Waals surface area contributed by atoms with Crippen LogP contribution in [0, 0.1) is 5.92 Å². The first kappa shape index (κ1) is 12.0. The van der Waals surface area contributed by atoms with Crippen LogP contribution >= 0.6 is 11.3 Å². The maximum absolute atomic E-state index is 11.8. The summed E-state index contributed by atoms with van der Waals surface area (Å²) >= 11 is 1.26. The largest absolute Gasteiger partial charge is 0.391 e. The van der Waals surface area contributed by atoms with Crippen molar-refractivity contribution in [3.8, 4) is 0 Å². The van der Waals surface area contributed by atoms with E-state index in [1.807, 2.05) is 0 Å². The molecule has 0 aliphatic heterocycles. The molecular weight excluding hydrogens is 246 g/mol. The summed E-state index contributed by atoms with van der Waals surface area (Å²) in [6.07, 6.45) is 3.39. The predicted octanol–water partition coefficient (Wildman–Crippen LogP) is 1.32. The van der Waals surface area contributed by atoms with E-state index in [1.165, 1.54) is 30.2 Å². The Labute approximate surface area is 99.4 Å². The SMILES string of the molecule is O=S(=O)(NCCC1CC1)c1csc(CO)c1. The van der Waals surface area contributed by atoms with Crippen LogP contribution in [0.5, 0.6) is 0 Å². The molecule has 1 aliphatic rings. The topological polar surface area (TPSA) is 66.4 Å². The molecule has 1 aliphatic carbocycles. The molecule has 0 spiro atoms. The van der Waals surface area contributed by atoms with Gasteiger partial charge in [0.25, 0.3) is 0 Å². The fraction of sp³-hybridized carbons (Fsp3) is 0.600. The van der Waals surface area contributed by atoms with Gasteiger partial charge in [-0.25, -0.2) is 13.1 Å². The average molecular weight is 261 g/mol. The minimum Gasteiger partial charge on any atom is -0.391 e. The van der Waals surface area contributed by atoms with E-state index in [4.69, 9.17) is 5.11 Å². The Kier molecular flexibility index (Phi) is 3.63. The Hall–Kier alpha value is -0.430. The highest BCUT2D eigenvalue weighted by Gasteiger charge is 2.22. The second-order valence-electron chi connectivity index (χ2n) is 4.04. The molecule has 1 aromatic rings. The minimum absolute atomic E-state index is 0.109. The van der Waals surface area contributed by atoms with Crippen molar-refractivity contribution in [3.63, 3.8) is 0 Å². The van der Waals surface area contributed by atoms with E-state index in [0.29, 0.717) is 11.4 Å². The van der Waals surface area contributed by atoms with Crippen LogP contribution in [0.2, 0.25) is 0 Å². The molecule has 0 amide bonds. The zero-order valence-corrected chi connectivity index (χ0v) is 10.5. The Morgan fingerprint density at radius 2 is 2.25 bits per heavy atom. The van der Waals surface area contributed by atoms with Crippen LogP contribution in [0.4, 0.5) is 0 Å². The van der Waals surface area contributed by atoms with Crippen LogP contribution in [0.3, 0.4) is 0 Å². The highest BCUT2D eigenvalue weighted by atomic mass is 32.2. The lowest BCUT2D eigenvalue weighted by molar-refractivity contribution is 0.285. The maximum Gasteiger partial charge on any atom is 0.241 e. The van der Waals surface area contributed by atoms with Gasteiger partial charge in [-0.1, -0.05) is 12.8 Å². The number of rotatable bonds is 6. The van der Waals surface area contributed by atoms with Crippen LogP contribution in [-0.2, 0) is 16.6 Å². The van der Waals surface area contributed by atoms with E-state index >= 15 is 0 Å². The van der Waals surface area contributed by atoms with E-state index in [9.17, 15) is 8.42 Å². The molecule has 2 rings (SSSR count). The van der Waals surface area contributed by atoms with Gasteiger partial charge < -0.3 is 5.11 Å². The first-order valence-corrected chi connectivity index (χ1v) is 7.66. The van der Waals surface area contributed by atoms with Gasteiger partial charge in [-0.05, 0) is 18.4 Å². The molecule has 1 fully saturated rings. The average Bonchev–Trinajstić information content (AvgIpc) is 2.93. The molecule has 0 radical (unpaired) electrons. The molecule has 1 aromatic heterocycles. The van der Waals surface area contributed by atoms with Crippen LogP contribution in [-0.4, -0.2) is 20.1 Å². The van der Waals surface area contributed by atoms with Crippen molar-refractivity contribution in [2.75, 3.05) is 6.54 Å². The molecule has 0 atom stereocenters. The summed E-state index contributed by atoms with van der Waals surface area (Å²) in [5.74, 6) is 0.721. The highest BCUT2D eigenvalue weighted by Crippen LogP contribution is 2.31. The van der Waals surface area contributed by atoms with Crippen molar-refractivity contribution in [2.24, 2.45) is 5.92 Å². The van der Waals surface area contributed by atoms with Gasteiger partial charge in [0.05, 0.1) is 11.5 Å². The fourth-order valence-electron chi connectivity index (χ4n) is 1.47. The van der Waals surface area contributed by atoms with E-state index in [2.05, 4.69) is 4.72 Å². The second kappa shape index (κ2) is 4.83. The molecular formula is C10H15NO3S2. The second-order valence-corrected chi connectivity index (χ2v) is 6.80. The van der Waals surface area contributed by atoms with E-state index in [-0.39, 0.29) is 11.5 Å². The number of thiophene rings is 1. The molecule has 2 N–H and O–H groups in total. The Bertz CT molecular complexity index is 448. The van der Waals surface area contributed by atoms with Crippen molar-refractivity contribution < 1.29 is 13.5 Å². The Balaban J connectivity index is 1.94. The Morgan fingerprint density at radius 1 is 1.50 bits per heavy atom. The van der Waals surface area contributed by atoms with Gasteiger partial charge in [-0.15, -0.1) is 11.3 Å². The highest BCUT2D eigenvalue weighted by molar-refractivity contribution is 7.89. The van der Waals surface area contributed by atoms with Crippen LogP contribution in [0.25, 0.3) is 0 Å². The van der Waals surface area contributed by atoms with E-state index < -0.39 is 10.0 Å². The van der Waals surface area contributed by atoms with E-state index in [1.54, 1.807) is 5.38 Å². The summed E-state index contributed by atoms with van der Waals surface area (Å²) in [5, 5.41) is 10.4. The molecule has 0 bridgehead atoms. The zero-order valence-electron chi connectivity index (χ0n) is 8.85. The summed E-state index contributed by atoms with van der Waals surface area (Å²) < 4.78 is 26.1. The van der Waals surface area contributed by atoms with Gasteiger partial charge >= 0.3 is 0 Å². The number of nitrogens with one attached hydrogen (secondary N) is 1.